The van der Waals surface area contributed by atoms with Gasteiger partial charge in [-0.15, -0.1) is 17.4 Å². The van der Waals surface area contributed by atoms with E-state index in [-0.39, 0.29) is 14.1 Å². The normalized spacial score (nSPS) is 5.00. The maximum Gasteiger partial charge on any atom is 0.251 e. The lowest BCUT2D eigenvalue weighted by Crippen LogP contribution is -1.84. The van der Waals surface area contributed by atoms with E-state index in [1.54, 1.807) is 6.07 Å². The molecule has 0 unspecified atom stereocenters. The molecule has 0 N–H and O–H groups in total. The smallest absolute Gasteiger partial charge is 0.199 e. The van der Waals surface area contributed by atoms with Gasteiger partial charge in [-0.1, -0.05) is 0 Å². The van der Waals surface area contributed by atoms with Gasteiger partial charge in [0.15, 0.2) is 0 Å². The molecule has 0 fully saturated rings. The van der Waals surface area contributed by atoms with Crippen LogP contribution < -0.4 is 0 Å². The first kappa shape index (κ1) is 10.1. The molecule has 0 aliphatic rings. The highest BCUT2D eigenvalue weighted by atomic mass is 27.2. The van der Waals surface area contributed by atoms with Gasteiger partial charge in [0.05, 0.1) is 6.07 Å². The SMILES string of the molecule is CC#N.[CH3][Al]([CH3])[CH3]. The molecule has 0 bridgehead atoms. The third-order valence-electron chi connectivity index (χ3n) is 0. The van der Waals surface area contributed by atoms with Crippen LogP contribution in [0.25, 0.3) is 0 Å². The first-order chi connectivity index (χ1) is 3.15. The maximum absolute atomic E-state index is 7.32. The minimum atomic E-state index is -0.139. The molecule has 0 saturated heterocycles. The fraction of sp³-hybridized carbons (Fsp3) is 0.800. The van der Waals surface area contributed by atoms with Gasteiger partial charge in [-0.2, -0.15) is 5.26 Å². The molecule has 0 spiro atoms. The molecule has 0 amide bonds. The van der Waals surface area contributed by atoms with Crippen molar-refractivity contribution >= 4 is 14.1 Å². The van der Waals surface area contributed by atoms with Crippen molar-refractivity contribution in [2.45, 2.75) is 24.3 Å². The minimum absolute atomic E-state index is 0.139. The van der Waals surface area contributed by atoms with Crippen molar-refractivity contribution in [1.82, 2.24) is 0 Å². The molecule has 0 atom stereocenters. The van der Waals surface area contributed by atoms with Gasteiger partial charge in [-0.25, -0.2) is 0 Å². The number of hydrogen-bond donors (Lipinski definition) is 0. The van der Waals surface area contributed by atoms with Gasteiger partial charge in [-0.3, -0.25) is 0 Å². The second-order valence-corrected chi connectivity index (χ2v) is 5.42. The largest absolute Gasteiger partial charge is 0.251 e. The van der Waals surface area contributed by atoms with Gasteiger partial charge >= 0.3 is 0 Å². The van der Waals surface area contributed by atoms with Crippen molar-refractivity contribution in [3.8, 4) is 6.07 Å². The molecular formula is C5H12AlN. The molecule has 0 rings (SSSR count). The van der Waals surface area contributed by atoms with Gasteiger partial charge < -0.3 is 0 Å². The van der Waals surface area contributed by atoms with E-state index < -0.39 is 0 Å². The van der Waals surface area contributed by atoms with Crippen LogP contribution in [0.4, 0.5) is 0 Å². The summed E-state index contributed by atoms with van der Waals surface area (Å²) in [6.07, 6.45) is 0. The molecule has 0 aromatic heterocycles. The van der Waals surface area contributed by atoms with Gasteiger partial charge in [0, 0.05) is 6.92 Å². The van der Waals surface area contributed by atoms with Crippen LogP contribution in [-0.2, 0) is 0 Å². The van der Waals surface area contributed by atoms with Crippen molar-refractivity contribution in [2.24, 2.45) is 0 Å². The summed E-state index contributed by atoms with van der Waals surface area (Å²) in [6.45, 7) is 1.43. The Morgan fingerprint density at radius 2 is 1.29 bits per heavy atom. The van der Waals surface area contributed by atoms with E-state index in [4.69, 9.17) is 5.26 Å². The van der Waals surface area contributed by atoms with Crippen LogP contribution in [0.3, 0.4) is 0 Å². The zero-order valence-corrected chi connectivity index (χ0v) is 6.68. The molecule has 0 aromatic rings. The average molecular weight is 113 g/mol. The lowest BCUT2D eigenvalue weighted by atomic mass is 11.0. The Bertz CT molecular complexity index is 50.8. The average Bonchev–Trinajstić information content (AvgIpc) is 1.33. The van der Waals surface area contributed by atoms with Gasteiger partial charge in [0.25, 0.3) is 14.1 Å². The van der Waals surface area contributed by atoms with E-state index in [1.807, 2.05) is 0 Å². The lowest BCUT2D eigenvalue weighted by Gasteiger charge is -1.67. The standard InChI is InChI=1S/C2H3N.3CH3.Al/c1-2-3;;;;/h1H3;3*1H3;. The van der Waals surface area contributed by atoms with Crippen molar-refractivity contribution in [3.05, 3.63) is 0 Å². The second-order valence-electron chi connectivity index (χ2n) is 1.96. The van der Waals surface area contributed by atoms with Crippen molar-refractivity contribution < 1.29 is 0 Å². The monoisotopic (exact) mass is 113 g/mol. The van der Waals surface area contributed by atoms with Crippen LogP contribution in [0, 0.1) is 11.3 Å². The number of hydrogen-bond acceptors (Lipinski definition) is 1. The van der Waals surface area contributed by atoms with E-state index in [0.717, 1.165) is 0 Å². The van der Waals surface area contributed by atoms with E-state index >= 15 is 0 Å². The molecule has 1 nitrogen and oxygen atoms in total. The Hall–Kier alpha value is 0.0225. The van der Waals surface area contributed by atoms with E-state index in [9.17, 15) is 0 Å². The van der Waals surface area contributed by atoms with Gasteiger partial charge in [0.1, 0.15) is 0 Å². The summed E-state index contributed by atoms with van der Waals surface area (Å²) in [5.41, 5.74) is 0. The maximum atomic E-state index is 7.32. The molecule has 2 heteroatoms. The summed E-state index contributed by atoms with van der Waals surface area (Å²) < 4.78 is 0. The van der Waals surface area contributed by atoms with E-state index in [0.29, 0.717) is 0 Å². The molecule has 7 heavy (non-hydrogen) atoms. The molecule has 0 aliphatic carbocycles. The Labute approximate surface area is 50.3 Å². The fourth-order valence-corrected chi connectivity index (χ4v) is 0. The Morgan fingerprint density at radius 1 is 1.29 bits per heavy atom. The fourth-order valence-electron chi connectivity index (χ4n) is 0. The Kier molecular flexibility index (Phi) is 13.5. The number of nitriles is 1. The summed E-state index contributed by atoms with van der Waals surface area (Å²) >= 11 is -0.139. The van der Waals surface area contributed by atoms with Crippen molar-refractivity contribution in [3.63, 3.8) is 0 Å². The zero-order valence-electron chi connectivity index (χ0n) is 5.52. The summed E-state index contributed by atoms with van der Waals surface area (Å²) in [6, 6.07) is 1.75. The highest BCUT2D eigenvalue weighted by Crippen LogP contribution is 1.68. The van der Waals surface area contributed by atoms with Crippen LogP contribution in [-0.4, -0.2) is 14.1 Å². The predicted octanol–water partition coefficient (Wildman–Crippen LogP) is 1.90. The Balaban J connectivity index is 0. The third kappa shape index (κ3) is 193000. The summed E-state index contributed by atoms with van der Waals surface area (Å²) in [4.78, 5) is 0. The first-order valence-corrected chi connectivity index (χ1v) is 5.92. The van der Waals surface area contributed by atoms with Crippen LogP contribution in [0.1, 0.15) is 6.92 Å². The highest BCUT2D eigenvalue weighted by molar-refractivity contribution is 6.54. The molecule has 0 saturated carbocycles. The first-order valence-electron chi connectivity index (χ1n) is 2.46. The zero-order chi connectivity index (χ0) is 6.28. The van der Waals surface area contributed by atoms with Crippen LogP contribution >= 0.6 is 0 Å². The minimum Gasteiger partial charge on any atom is -0.199 e. The summed E-state index contributed by atoms with van der Waals surface area (Å²) in [7, 11) is 0. The molecule has 0 aliphatic heterocycles. The van der Waals surface area contributed by atoms with E-state index in [1.165, 1.54) is 6.92 Å². The lowest BCUT2D eigenvalue weighted by molar-refractivity contribution is 1.49. The molecule has 0 heterocycles. The molecule has 0 radical (unpaired) electrons. The van der Waals surface area contributed by atoms with Crippen molar-refractivity contribution in [2.75, 3.05) is 0 Å². The third-order valence-corrected chi connectivity index (χ3v) is 0. The van der Waals surface area contributed by atoms with Crippen molar-refractivity contribution in [1.29, 1.82) is 5.26 Å². The number of rotatable bonds is 0. The Morgan fingerprint density at radius 3 is 1.29 bits per heavy atom. The number of nitrogens with zero attached hydrogens (tertiary/aromatic N) is 1. The topological polar surface area (TPSA) is 23.8 Å². The predicted molar refractivity (Wildman–Crippen MR) is 34.6 cm³/mol. The molecular weight excluding hydrogens is 101 g/mol. The van der Waals surface area contributed by atoms with Crippen LogP contribution in [0.2, 0.25) is 17.4 Å². The molecule has 40 valence electrons. The van der Waals surface area contributed by atoms with E-state index in [2.05, 4.69) is 17.4 Å². The highest BCUT2D eigenvalue weighted by Gasteiger charge is 1.81. The van der Waals surface area contributed by atoms with Crippen LogP contribution in [0.15, 0.2) is 0 Å². The quantitative estimate of drug-likeness (QED) is 0.440. The van der Waals surface area contributed by atoms with Crippen LogP contribution in [0.5, 0.6) is 0 Å². The molecule has 0 aromatic carbocycles. The van der Waals surface area contributed by atoms with Gasteiger partial charge in [0.2, 0.25) is 0 Å². The second kappa shape index (κ2) is 9.39. The van der Waals surface area contributed by atoms with Gasteiger partial charge in [-0.05, 0) is 0 Å². The summed E-state index contributed by atoms with van der Waals surface area (Å²) in [5.74, 6) is 6.92. The summed E-state index contributed by atoms with van der Waals surface area (Å²) in [5, 5.41) is 7.32.